The van der Waals surface area contributed by atoms with Crippen molar-refractivity contribution < 1.29 is 13.2 Å². The molecule has 1 atom stereocenters. The summed E-state index contributed by atoms with van der Waals surface area (Å²) in [6, 6.07) is 9.14. The number of benzene rings is 1. The van der Waals surface area contributed by atoms with Crippen molar-refractivity contribution in [2.75, 3.05) is 7.11 Å². The summed E-state index contributed by atoms with van der Waals surface area (Å²) in [6.45, 7) is 1.74. The van der Waals surface area contributed by atoms with E-state index in [1.165, 1.54) is 18.3 Å². The van der Waals surface area contributed by atoms with Crippen LogP contribution >= 0.6 is 0 Å². The van der Waals surface area contributed by atoms with Crippen LogP contribution < -0.4 is 15.0 Å². The van der Waals surface area contributed by atoms with Crippen molar-refractivity contribution in [3.05, 3.63) is 58.5 Å². The molecular weight excluding hydrogens is 292 g/mol. The van der Waals surface area contributed by atoms with Gasteiger partial charge in [-0.3, -0.25) is 4.79 Å². The summed E-state index contributed by atoms with van der Waals surface area (Å²) in [5, 5.41) is 0. The van der Waals surface area contributed by atoms with Crippen molar-refractivity contribution >= 4 is 10.0 Å². The molecule has 0 fully saturated rings. The van der Waals surface area contributed by atoms with Gasteiger partial charge in [-0.05, 0) is 30.7 Å². The maximum absolute atomic E-state index is 12.2. The monoisotopic (exact) mass is 308 g/mol. The van der Waals surface area contributed by atoms with Crippen molar-refractivity contribution in [2.45, 2.75) is 17.9 Å². The number of methoxy groups -OCH3 is 1. The summed E-state index contributed by atoms with van der Waals surface area (Å²) in [5.41, 5.74) is 0.459. The van der Waals surface area contributed by atoms with Crippen LogP contribution in [0.4, 0.5) is 0 Å². The lowest BCUT2D eigenvalue weighted by molar-refractivity contribution is 0.414. The first-order valence-electron chi connectivity index (χ1n) is 6.27. The molecule has 0 spiro atoms. The van der Waals surface area contributed by atoms with Crippen LogP contribution in [0.25, 0.3) is 0 Å². The van der Waals surface area contributed by atoms with Crippen molar-refractivity contribution in [3.63, 3.8) is 0 Å². The number of nitrogens with one attached hydrogen (secondary N) is 2. The molecule has 21 heavy (non-hydrogen) atoms. The highest BCUT2D eigenvalue weighted by atomic mass is 32.2. The predicted molar refractivity (Wildman–Crippen MR) is 78.8 cm³/mol. The van der Waals surface area contributed by atoms with Crippen molar-refractivity contribution in [3.8, 4) is 5.75 Å². The molecule has 1 aromatic heterocycles. The van der Waals surface area contributed by atoms with Gasteiger partial charge in [0.1, 0.15) is 5.75 Å². The molecule has 0 aliphatic rings. The molecule has 0 radical (unpaired) electrons. The maximum atomic E-state index is 12.2. The third-order valence-corrected chi connectivity index (χ3v) is 4.55. The number of H-pyrrole nitrogens is 1. The van der Waals surface area contributed by atoms with E-state index in [9.17, 15) is 13.2 Å². The molecule has 0 saturated carbocycles. The number of pyridine rings is 1. The quantitative estimate of drug-likeness (QED) is 0.874. The molecule has 2 aromatic rings. The van der Waals surface area contributed by atoms with Crippen LogP contribution in [0.3, 0.4) is 0 Å². The Morgan fingerprint density at radius 3 is 2.33 bits per heavy atom. The number of sulfonamides is 1. The second kappa shape index (κ2) is 6.11. The average Bonchev–Trinajstić information content (AvgIpc) is 2.47. The van der Waals surface area contributed by atoms with Gasteiger partial charge in [0.25, 0.3) is 0 Å². The Labute approximate surface area is 122 Å². The summed E-state index contributed by atoms with van der Waals surface area (Å²) in [4.78, 5) is 13.3. The molecular formula is C14H16N2O4S. The van der Waals surface area contributed by atoms with Crippen LogP contribution in [0, 0.1) is 0 Å². The topological polar surface area (TPSA) is 88.3 Å². The molecule has 7 heteroatoms. The van der Waals surface area contributed by atoms with Crippen LogP contribution in [-0.4, -0.2) is 20.5 Å². The van der Waals surface area contributed by atoms with Crippen LogP contribution in [0.2, 0.25) is 0 Å². The van der Waals surface area contributed by atoms with E-state index in [4.69, 9.17) is 4.74 Å². The summed E-state index contributed by atoms with van der Waals surface area (Å²) in [7, 11) is -2.12. The first-order chi connectivity index (χ1) is 9.92. The number of rotatable bonds is 5. The Kier molecular flexibility index (Phi) is 4.44. The lowest BCUT2D eigenvalue weighted by Crippen LogP contribution is -2.27. The number of hydrogen-bond donors (Lipinski definition) is 2. The van der Waals surface area contributed by atoms with Gasteiger partial charge >= 0.3 is 0 Å². The number of ether oxygens (including phenoxy) is 1. The van der Waals surface area contributed by atoms with E-state index in [1.807, 2.05) is 0 Å². The Bertz CT molecular complexity index is 746. The molecule has 1 heterocycles. The smallest absolute Gasteiger partial charge is 0.247 e. The minimum absolute atomic E-state index is 0.0162. The molecule has 2 rings (SSSR count). The van der Waals surface area contributed by atoms with Crippen LogP contribution in [0.15, 0.2) is 52.3 Å². The van der Waals surface area contributed by atoms with E-state index in [1.54, 1.807) is 38.3 Å². The van der Waals surface area contributed by atoms with Crippen molar-refractivity contribution in [1.82, 2.24) is 9.71 Å². The normalized spacial score (nSPS) is 12.9. The van der Waals surface area contributed by atoms with E-state index < -0.39 is 16.1 Å². The predicted octanol–water partition coefficient (Wildman–Crippen LogP) is 1.42. The largest absolute Gasteiger partial charge is 0.497 e. The van der Waals surface area contributed by atoms with Gasteiger partial charge in [0.2, 0.25) is 15.6 Å². The first-order valence-corrected chi connectivity index (χ1v) is 7.76. The number of aromatic nitrogens is 1. The van der Waals surface area contributed by atoms with E-state index in [2.05, 4.69) is 9.71 Å². The molecule has 1 unspecified atom stereocenters. The molecule has 1 aromatic carbocycles. The SMILES string of the molecule is COc1ccc(C(C)NS(=O)(=O)c2ccc(=O)[nH]c2)cc1. The fourth-order valence-corrected chi connectivity index (χ4v) is 3.02. The summed E-state index contributed by atoms with van der Waals surface area (Å²) < 4.78 is 32.0. The Morgan fingerprint density at radius 1 is 1.14 bits per heavy atom. The Hall–Kier alpha value is -2.12. The summed E-state index contributed by atoms with van der Waals surface area (Å²) >= 11 is 0. The van der Waals surface area contributed by atoms with Gasteiger partial charge in [-0.15, -0.1) is 0 Å². The summed E-state index contributed by atoms with van der Waals surface area (Å²) in [6.07, 6.45) is 1.17. The van der Waals surface area contributed by atoms with Gasteiger partial charge in [0.15, 0.2) is 0 Å². The molecule has 0 bridgehead atoms. The maximum Gasteiger partial charge on any atom is 0.247 e. The highest BCUT2D eigenvalue weighted by molar-refractivity contribution is 7.89. The lowest BCUT2D eigenvalue weighted by Gasteiger charge is -2.15. The lowest BCUT2D eigenvalue weighted by atomic mass is 10.1. The number of aromatic amines is 1. The van der Waals surface area contributed by atoms with E-state index >= 15 is 0 Å². The van der Waals surface area contributed by atoms with Crippen LogP contribution in [-0.2, 0) is 10.0 Å². The van der Waals surface area contributed by atoms with Gasteiger partial charge in [0.05, 0.1) is 12.0 Å². The van der Waals surface area contributed by atoms with Crippen molar-refractivity contribution in [2.24, 2.45) is 0 Å². The first kappa shape index (κ1) is 15.3. The molecule has 0 aliphatic heterocycles. The second-order valence-electron chi connectivity index (χ2n) is 4.50. The van der Waals surface area contributed by atoms with Gasteiger partial charge in [-0.25, -0.2) is 13.1 Å². The molecule has 0 aliphatic carbocycles. The zero-order valence-corrected chi connectivity index (χ0v) is 12.5. The zero-order valence-electron chi connectivity index (χ0n) is 11.7. The second-order valence-corrected chi connectivity index (χ2v) is 6.22. The van der Waals surface area contributed by atoms with Gasteiger partial charge in [-0.1, -0.05) is 12.1 Å². The minimum atomic E-state index is -3.69. The van der Waals surface area contributed by atoms with Gasteiger partial charge in [0, 0.05) is 18.3 Å². The molecule has 0 amide bonds. The molecule has 6 nitrogen and oxygen atoms in total. The zero-order chi connectivity index (χ0) is 15.5. The molecule has 2 N–H and O–H groups in total. The van der Waals surface area contributed by atoms with E-state index in [0.29, 0.717) is 5.75 Å². The third kappa shape index (κ3) is 3.71. The Balaban J connectivity index is 2.18. The Morgan fingerprint density at radius 2 is 1.81 bits per heavy atom. The van der Waals surface area contributed by atoms with Crippen molar-refractivity contribution in [1.29, 1.82) is 0 Å². The minimum Gasteiger partial charge on any atom is -0.497 e. The van der Waals surface area contributed by atoms with Crippen LogP contribution in [0.5, 0.6) is 5.75 Å². The third-order valence-electron chi connectivity index (χ3n) is 3.01. The summed E-state index contributed by atoms with van der Waals surface area (Å²) in [5.74, 6) is 0.703. The highest BCUT2D eigenvalue weighted by Crippen LogP contribution is 2.19. The fourth-order valence-electron chi connectivity index (χ4n) is 1.82. The van der Waals surface area contributed by atoms with Gasteiger partial charge < -0.3 is 9.72 Å². The van der Waals surface area contributed by atoms with E-state index in [-0.39, 0.29) is 10.5 Å². The standard InChI is InChI=1S/C14H16N2O4S/c1-10(11-3-5-12(20-2)6-4-11)16-21(18,19)13-7-8-14(17)15-9-13/h3-10,16H,1-2H3,(H,15,17). The van der Waals surface area contributed by atoms with Gasteiger partial charge in [-0.2, -0.15) is 0 Å². The molecule has 112 valence electrons. The highest BCUT2D eigenvalue weighted by Gasteiger charge is 2.18. The van der Waals surface area contributed by atoms with E-state index in [0.717, 1.165) is 5.56 Å². The average molecular weight is 308 g/mol. The fraction of sp³-hybridized carbons (Fsp3) is 0.214. The molecule has 0 saturated heterocycles. The van der Waals surface area contributed by atoms with Crippen LogP contribution in [0.1, 0.15) is 18.5 Å². The number of hydrogen-bond acceptors (Lipinski definition) is 4.